The molecule has 0 unspecified atom stereocenters. The summed E-state index contributed by atoms with van der Waals surface area (Å²) >= 11 is 0. The van der Waals surface area contributed by atoms with Crippen LogP contribution in [0.4, 0.5) is 0 Å². The highest BCUT2D eigenvalue weighted by Gasteiger charge is 2.37. The van der Waals surface area contributed by atoms with Gasteiger partial charge in [0.05, 0.1) is 5.69 Å². The van der Waals surface area contributed by atoms with E-state index in [-0.39, 0.29) is 11.5 Å². The summed E-state index contributed by atoms with van der Waals surface area (Å²) in [5, 5.41) is 11.0. The molecule has 0 spiro atoms. The summed E-state index contributed by atoms with van der Waals surface area (Å²) in [6.45, 7) is 4.41. The van der Waals surface area contributed by atoms with Crippen LogP contribution in [0.25, 0.3) is 0 Å². The molecule has 3 heterocycles. The molecule has 0 aliphatic carbocycles. The Kier molecular flexibility index (Phi) is 6.24. The Balaban J connectivity index is 1.44. The lowest BCUT2D eigenvalue weighted by atomic mass is 9.87. The van der Waals surface area contributed by atoms with Crippen LogP contribution in [0.1, 0.15) is 51.3 Å². The van der Waals surface area contributed by atoms with Gasteiger partial charge in [0, 0.05) is 25.7 Å². The van der Waals surface area contributed by atoms with Crippen molar-refractivity contribution in [2.24, 2.45) is 0 Å². The molecule has 166 valence electrons. The van der Waals surface area contributed by atoms with Crippen LogP contribution in [-0.4, -0.2) is 34.0 Å². The van der Waals surface area contributed by atoms with Crippen LogP contribution in [-0.2, 0) is 18.4 Å². The van der Waals surface area contributed by atoms with Gasteiger partial charge in [0.25, 0.3) is 5.91 Å². The highest BCUT2D eigenvalue weighted by atomic mass is 16.4. The Morgan fingerprint density at radius 2 is 1.81 bits per heavy atom. The van der Waals surface area contributed by atoms with Gasteiger partial charge in [-0.05, 0) is 61.9 Å². The number of nitrogens with zero attached hydrogens (tertiary/aromatic N) is 2. The molecule has 0 saturated carbocycles. The Hall–Kier alpha value is -3.25. The zero-order valence-corrected chi connectivity index (χ0v) is 18.5. The van der Waals surface area contributed by atoms with E-state index in [0.29, 0.717) is 49.4 Å². The van der Waals surface area contributed by atoms with Gasteiger partial charge in [-0.15, -0.1) is 0 Å². The van der Waals surface area contributed by atoms with Crippen LogP contribution in [0, 0.1) is 13.8 Å². The molecule has 1 amide bonds. The smallest absolute Gasteiger partial charge is 0.349 e. The Bertz CT molecular complexity index is 1140. The highest BCUT2D eigenvalue weighted by molar-refractivity contribution is 5.95. The van der Waals surface area contributed by atoms with Crippen LogP contribution < -0.4 is 5.63 Å². The Morgan fingerprint density at radius 1 is 1.09 bits per heavy atom. The van der Waals surface area contributed by atoms with E-state index in [4.69, 9.17) is 4.42 Å². The predicted octanol–water partition coefficient (Wildman–Crippen LogP) is 3.56. The molecule has 1 saturated heterocycles. The quantitative estimate of drug-likeness (QED) is 0.667. The van der Waals surface area contributed by atoms with Gasteiger partial charge in [-0.1, -0.05) is 36.4 Å². The molecule has 6 nitrogen and oxygen atoms in total. The number of piperidine rings is 1. The number of aromatic nitrogens is 1. The van der Waals surface area contributed by atoms with Gasteiger partial charge >= 0.3 is 5.63 Å². The lowest BCUT2D eigenvalue weighted by Crippen LogP contribution is -2.46. The minimum absolute atomic E-state index is 0.0763. The fourth-order valence-corrected chi connectivity index (χ4v) is 4.20. The van der Waals surface area contributed by atoms with Crippen molar-refractivity contribution in [2.75, 3.05) is 13.1 Å². The van der Waals surface area contributed by atoms with Crippen molar-refractivity contribution < 1.29 is 14.3 Å². The second-order valence-corrected chi connectivity index (χ2v) is 8.59. The van der Waals surface area contributed by atoms with Crippen molar-refractivity contribution in [3.63, 3.8) is 0 Å². The summed E-state index contributed by atoms with van der Waals surface area (Å²) < 4.78 is 5.48. The topological polar surface area (TPSA) is 83.6 Å². The number of likely N-dealkylation sites (tertiary alicyclic amines) is 1. The number of hydrogen-bond acceptors (Lipinski definition) is 5. The first-order valence-electron chi connectivity index (χ1n) is 11.0. The Morgan fingerprint density at radius 3 is 2.44 bits per heavy atom. The van der Waals surface area contributed by atoms with Crippen molar-refractivity contribution in [1.29, 1.82) is 0 Å². The van der Waals surface area contributed by atoms with E-state index >= 15 is 0 Å². The highest BCUT2D eigenvalue weighted by Crippen LogP contribution is 2.32. The van der Waals surface area contributed by atoms with Crippen molar-refractivity contribution in [1.82, 2.24) is 9.88 Å². The first-order valence-corrected chi connectivity index (χ1v) is 11.0. The van der Waals surface area contributed by atoms with E-state index in [1.807, 2.05) is 49.4 Å². The lowest BCUT2D eigenvalue weighted by Gasteiger charge is -2.37. The van der Waals surface area contributed by atoms with Gasteiger partial charge in [-0.2, -0.15) is 0 Å². The number of rotatable bonds is 5. The van der Waals surface area contributed by atoms with Gasteiger partial charge in [0.1, 0.15) is 16.9 Å². The van der Waals surface area contributed by atoms with Crippen molar-refractivity contribution >= 4 is 5.91 Å². The standard InChI is InChI=1S/C26H28N2O4/c1-18-8-11-22(27-17-18)26(31)12-14-28(15-13-26)24(29)23-19(2)16-21(32-25(23)30)10-9-20-6-4-3-5-7-20/h3-8,11,16-17,31H,9-10,12-15H2,1-2H3. The van der Waals surface area contributed by atoms with Crippen LogP contribution >= 0.6 is 0 Å². The second kappa shape index (κ2) is 9.09. The van der Waals surface area contributed by atoms with Crippen LogP contribution in [0.15, 0.2) is 63.9 Å². The summed E-state index contributed by atoms with van der Waals surface area (Å²) in [5.74, 6) is 0.233. The average molecular weight is 433 g/mol. The van der Waals surface area contributed by atoms with Gasteiger partial charge in [-0.3, -0.25) is 9.78 Å². The minimum Gasteiger partial charge on any atom is -0.427 e. The number of pyridine rings is 1. The van der Waals surface area contributed by atoms with Gasteiger partial charge in [0.15, 0.2) is 0 Å². The zero-order valence-electron chi connectivity index (χ0n) is 18.5. The van der Waals surface area contributed by atoms with Crippen molar-refractivity contribution in [2.45, 2.75) is 45.1 Å². The van der Waals surface area contributed by atoms with E-state index in [0.717, 1.165) is 17.5 Å². The maximum Gasteiger partial charge on any atom is 0.349 e. The van der Waals surface area contributed by atoms with Gasteiger partial charge in [-0.25, -0.2) is 4.79 Å². The van der Waals surface area contributed by atoms with Crippen molar-refractivity contribution in [3.8, 4) is 0 Å². The van der Waals surface area contributed by atoms with Crippen LogP contribution in [0.3, 0.4) is 0 Å². The molecule has 1 N–H and O–H groups in total. The molecule has 1 aliphatic heterocycles. The molecule has 2 aromatic heterocycles. The first-order chi connectivity index (χ1) is 15.4. The number of aliphatic hydroxyl groups is 1. The second-order valence-electron chi connectivity index (χ2n) is 8.59. The molecular formula is C26H28N2O4. The molecule has 6 heteroatoms. The normalized spacial score (nSPS) is 15.5. The maximum absolute atomic E-state index is 13.1. The number of carbonyl (C=O) groups excluding carboxylic acids is 1. The molecular weight excluding hydrogens is 404 g/mol. The molecule has 3 aromatic rings. The van der Waals surface area contributed by atoms with E-state index in [1.54, 1.807) is 24.1 Å². The first kappa shape index (κ1) is 22.0. The van der Waals surface area contributed by atoms with Crippen LogP contribution in [0.2, 0.25) is 0 Å². The van der Waals surface area contributed by atoms with Crippen molar-refractivity contribution in [3.05, 3.63) is 98.9 Å². The molecule has 1 aliphatic rings. The maximum atomic E-state index is 13.1. The summed E-state index contributed by atoms with van der Waals surface area (Å²) in [6, 6.07) is 15.5. The summed E-state index contributed by atoms with van der Waals surface area (Å²) in [7, 11) is 0. The lowest BCUT2D eigenvalue weighted by molar-refractivity contribution is -0.0245. The molecule has 1 fully saturated rings. The summed E-state index contributed by atoms with van der Waals surface area (Å²) in [6.07, 6.45) is 3.82. The number of carbonyl (C=O) groups is 1. The SMILES string of the molecule is Cc1ccc(C2(O)CCN(C(=O)c3c(C)cc(CCc4ccccc4)oc3=O)CC2)nc1. The molecule has 0 bridgehead atoms. The molecule has 0 radical (unpaired) electrons. The Labute approximate surface area is 187 Å². The van der Waals surface area contributed by atoms with Gasteiger partial charge in [0.2, 0.25) is 0 Å². The van der Waals surface area contributed by atoms with E-state index in [9.17, 15) is 14.7 Å². The average Bonchev–Trinajstić information content (AvgIpc) is 2.79. The van der Waals surface area contributed by atoms with E-state index < -0.39 is 11.2 Å². The third-order valence-electron chi connectivity index (χ3n) is 6.18. The number of benzene rings is 1. The largest absolute Gasteiger partial charge is 0.427 e. The third-order valence-corrected chi connectivity index (χ3v) is 6.18. The number of aryl methyl sites for hydroxylation is 4. The molecule has 32 heavy (non-hydrogen) atoms. The minimum atomic E-state index is -1.06. The summed E-state index contributed by atoms with van der Waals surface area (Å²) in [4.78, 5) is 31.7. The summed E-state index contributed by atoms with van der Waals surface area (Å²) in [5.41, 5.74) is 1.84. The van der Waals surface area contributed by atoms with Crippen LogP contribution in [0.5, 0.6) is 0 Å². The monoisotopic (exact) mass is 432 g/mol. The third kappa shape index (κ3) is 4.65. The fourth-order valence-electron chi connectivity index (χ4n) is 4.20. The van der Waals surface area contributed by atoms with Gasteiger partial charge < -0.3 is 14.4 Å². The van der Waals surface area contributed by atoms with E-state index in [2.05, 4.69) is 4.98 Å². The number of amides is 1. The number of hydrogen-bond donors (Lipinski definition) is 1. The molecule has 1 aromatic carbocycles. The molecule has 4 rings (SSSR count). The fraction of sp³-hybridized carbons (Fsp3) is 0.346. The zero-order chi connectivity index (χ0) is 22.7. The predicted molar refractivity (Wildman–Crippen MR) is 122 cm³/mol. The molecule has 0 atom stereocenters. The van der Waals surface area contributed by atoms with E-state index in [1.165, 1.54) is 0 Å².